The molecule has 1 aromatic carbocycles. The number of pyridine rings is 1. The molecule has 2 amide bonds. The predicted molar refractivity (Wildman–Crippen MR) is 158 cm³/mol. The Morgan fingerprint density at radius 2 is 1.61 bits per heavy atom. The summed E-state index contributed by atoms with van der Waals surface area (Å²) in [6.45, 7) is 13.7. The minimum absolute atomic E-state index is 0.104. The van der Waals surface area contributed by atoms with Gasteiger partial charge < -0.3 is 29.7 Å². The molecule has 5 rings (SSSR count). The van der Waals surface area contributed by atoms with Gasteiger partial charge in [-0.3, -0.25) is 4.79 Å². The van der Waals surface area contributed by atoms with Crippen LogP contribution in [0.3, 0.4) is 0 Å². The lowest BCUT2D eigenvalue weighted by Gasteiger charge is -2.44. The molecule has 218 valence electrons. The van der Waals surface area contributed by atoms with Gasteiger partial charge in [0.05, 0.1) is 11.8 Å². The third-order valence-electron chi connectivity index (χ3n) is 7.46. The van der Waals surface area contributed by atoms with Crippen LogP contribution in [-0.4, -0.2) is 99.0 Å². The Bertz CT molecular complexity index is 1340. The highest BCUT2D eigenvalue weighted by Gasteiger charge is 2.31. The lowest BCUT2D eigenvalue weighted by Crippen LogP contribution is -2.58. The molecule has 12 nitrogen and oxygen atoms in total. The number of ether oxygens (including phenoxy) is 1. The number of aromatic nitrogens is 4. The first kappa shape index (κ1) is 28.2. The molecular formula is C29H39N9O3. The van der Waals surface area contributed by atoms with Gasteiger partial charge in [-0.2, -0.15) is 4.98 Å². The van der Waals surface area contributed by atoms with Crippen LogP contribution in [0.5, 0.6) is 0 Å². The van der Waals surface area contributed by atoms with E-state index in [0.29, 0.717) is 19.0 Å². The van der Waals surface area contributed by atoms with Crippen molar-refractivity contribution in [3.8, 4) is 5.69 Å². The number of rotatable bonds is 6. The Hall–Kier alpha value is -4.35. The molecule has 2 fully saturated rings. The number of nitrogens with one attached hydrogen (secondary N) is 1. The van der Waals surface area contributed by atoms with Crippen molar-refractivity contribution in [2.45, 2.75) is 52.8 Å². The summed E-state index contributed by atoms with van der Waals surface area (Å²) in [7, 11) is 0. The molecule has 0 saturated carbocycles. The highest BCUT2D eigenvalue weighted by molar-refractivity contribution is 5.74. The maximum absolute atomic E-state index is 12.2. The molecule has 2 aliphatic heterocycles. The number of piperazine rings is 2. The number of anilines is 4. The van der Waals surface area contributed by atoms with Crippen molar-refractivity contribution >= 4 is 35.1 Å². The fraction of sp³-hybridized carbons (Fsp3) is 0.483. The summed E-state index contributed by atoms with van der Waals surface area (Å²) < 4.78 is 7.04. The summed E-state index contributed by atoms with van der Waals surface area (Å²) in [4.78, 5) is 41.4. The minimum Gasteiger partial charge on any atom is -0.447 e. The van der Waals surface area contributed by atoms with Crippen molar-refractivity contribution < 1.29 is 14.3 Å². The normalized spacial score (nSPS) is 19.5. The van der Waals surface area contributed by atoms with Gasteiger partial charge in [-0.1, -0.05) is 0 Å². The van der Waals surface area contributed by atoms with Crippen LogP contribution < -0.4 is 15.1 Å². The molecule has 0 radical (unpaired) electrons. The number of carbonyl (C=O) groups is 2. The third kappa shape index (κ3) is 6.53. The molecular weight excluding hydrogens is 522 g/mol. The van der Waals surface area contributed by atoms with Crippen LogP contribution >= 0.6 is 0 Å². The van der Waals surface area contributed by atoms with E-state index in [9.17, 15) is 9.59 Å². The van der Waals surface area contributed by atoms with Crippen LogP contribution in [0, 0.1) is 0 Å². The van der Waals surface area contributed by atoms with Gasteiger partial charge in [0.15, 0.2) is 0 Å². The minimum atomic E-state index is -0.245. The molecule has 2 atom stereocenters. The molecule has 0 spiro atoms. The second-order valence-electron chi connectivity index (χ2n) is 11.0. The van der Waals surface area contributed by atoms with E-state index in [0.717, 1.165) is 49.1 Å². The number of amides is 2. The first-order chi connectivity index (χ1) is 19.7. The third-order valence-corrected chi connectivity index (χ3v) is 7.46. The second kappa shape index (κ2) is 12.0. The Labute approximate surface area is 240 Å². The Kier molecular flexibility index (Phi) is 8.27. The molecule has 41 heavy (non-hydrogen) atoms. The average molecular weight is 562 g/mol. The largest absolute Gasteiger partial charge is 0.447 e. The van der Waals surface area contributed by atoms with Crippen molar-refractivity contribution in [1.29, 1.82) is 0 Å². The molecule has 4 heterocycles. The molecule has 0 unspecified atom stereocenters. The molecule has 0 bridgehead atoms. The highest BCUT2D eigenvalue weighted by Crippen LogP contribution is 2.24. The molecule has 0 aliphatic carbocycles. The van der Waals surface area contributed by atoms with E-state index in [2.05, 4.69) is 56.2 Å². The van der Waals surface area contributed by atoms with Crippen LogP contribution in [0.1, 0.15) is 34.6 Å². The van der Waals surface area contributed by atoms with Crippen LogP contribution in [-0.2, 0) is 9.53 Å². The highest BCUT2D eigenvalue weighted by atomic mass is 16.6. The van der Waals surface area contributed by atoms with Crippen molar-refractivity contribution in [3.63, 3.8) is 0 Å². The lowest BCUT2D eigenvalue weighted by atomic mass is 10.1. The quantitative estimate of drug-likeness (QED) is 0.483. The van der Waals surface area contributed by atoms with Gasteiger partial charge in [-0.25, -0.2) is 14.5 Å². The summed E-state index contributed by atoms with van der Waals surface area (Å²) in [5.41, 5.74) is 2.84. The Morgan fingerprint density at radius 3 is 2.24 bits per heavy atom. The summed E-state index contributed by atoms with van der Waals surface area (Å²) >= 11 is 0. The SMILES string of the molecule is CC(=O)N1[C@H](C)CN(c2cc(-n3cnc(Nc4ccc(N5CCN(C(=O)OC(C)C)CC5)cc4)n3)ccn2)C[C@@H]1C. The van der Waals surface area contributed by atoms with E-state index in [4.69, 9.17) is 4.74 Å². The van der Waals surface area contributed by atoms with Gasteiger partial charge >= 0.3 is 6.09 Å². The lowest BCUT2D eigenvalue weighted by molar-refractivity contribution is -0.133. The van der Waals surface area contributed by atoms with Crippen molar-refractivity contribution in [2.75, 3.05) is 54.4 Å². The molecule has 3 aromatic rings. The van der Waals surface area contributed by atoms with E-state index >= 15 is 0 Å². The van der Waals surface area contributed by atoms with Gasteiger partial charge in [0.1, 0.15) is 12.1 Å². The fourth-order valence-electron chi connectivity index (χ4n) is 5.61. The monoisotopic (exact) mass is 561 g/mol. The zero-order valence-electron chi connectivity index (χ0n) is 24.4. The smallest absolute Gasteiger partial charge is 0.410 e. The summed E-state index contributed by atoms with van der Waals surface area (Å²) in [5.74, 6) is 1.44. The molecule has 2 aromatic heterocycles. The van der Waals surface area contributed by atoms with Crippen LogP contribution in [0.4, 0.5) is 27.9 Å². The van der Waals surface area contributed by atoms with Gasteiger partial charge in [0.25, 0.3) is 0 Å². The van der Waals surface area contributed by atoms with Crippen LogP contribution in [0.25, 0.3) is 5.69 Å². The van der Waals surface area contributed by atoms with E-state index in [-0.39, 0.29) is 30.2 Å². The summed E-state index contributed by atoms with van der Waals surface area (Å²) in [6, 6.07) is 12.2. The second-order valence-corrected chi connectivity index (χ2v) is 11.0. The number of nitrogens with zero attached hydrogens (tertiary/aromatic N) is 8. The maximum atomic E-state index is 12.2. The number of hydrogen-bond donors (Lipinski definition) is 1. The summed E-state index contributed by atoms with van der Waals surface area (Å²) in [6.07, 6.45) is 3.10. The zero-order valence-corrected chi connectivity index (χ0v) is 24.4. The topological polar surface area (TPSA) is 112 Å². The van der Waals surface area contributed by atoms with Crippen molar-refractivity contribution in [2.24, 2.45) is 0 Å². The number of benzene rings is 1. The first-order valence-electron chi connectivity index (χ1n) is 14.2. The van der Waals surface area contributed by atoms with E-state index in [1.807, 2.05) is 43.0 Å². The zero-order chi connectivity index (χ0) is 29.1. The Balaban J connectivity index is 1.18. The van der Waals surface area contributed by atoms with E-state index in [1.165, 1.54) is 0 Å². The molecule has 2 aliphatic rings. The Morgan fingerprint density at radius 1 is 0.927 bits per heavy atom. The van der Waals surface area contributed by atoms with Gasteiger partial charge in [0, 0.05) is 81.9 Å². The average Bonchev–Trinajstić information content (AvgIpc) is 3.41. The summed E-state index contributed by atoms with van der Waals surface area (Å²) in [5, 5.41) is 7.90. The van der Waals surface area contributed by atoms with Gasteiger partial charge in [-0.05, 0) is 58.0 Å². The van der Waals surface area contributed by atoms with E-state index in [1.54, 1.807) is 29.0 Å². The van der Waals surface area contributed by atoms with Crippen LogP contribution in [0.15, 0.2) is 48.9 Å². The standard InChI is InChI=1S/C29H39N9O3/c1-20(2)41-29(40)35-14-12-34(13-15-35)25-8-6-24(7-9-25)32-28-31-19-37(33-28)26-10-11-30-27(16-26)36-17-21(3)38(23(5)39)22(4)18-36/h6-11,16,19-22H,12-15,17-18H2,1-5H3,(H,32,33)/t21-,22+. The predicted octanol–water partition coefficient (Wildman–Crippen LogP) is 3.52. The van der Waals surface area contributed by atoms with Crippen molar-refractivity contribution in [3.05, 3.63) is 48.9 Å². The molecule has 12 heteroatoms. The maximum Gasteiger partial charge on any atom is 0.410 e. The fourth-order valence-corrected chi connectivity index (χ4v) is 5.61. The van der Waals surface area contributed by atoms with E-state index < -0.39 is 0 Å². The van der Waals surface area contributed by atoms with Gasteiger partial charge in [-0.15, -0.1) is 5.10 Å². The first-order valence-corrected chi connectivity index (χ1v) is 14.2. The molecule has 2 saturated heterocycles. The number of carbonyl (C=O) groups excluding carboxylic acids is 2. The number of hydrogen-bond acceptors (Lipinski definition) is 9. The van der Waals surface area contributed by atoms with Gasteiger partial charge in [0.2, 0.25) is 11.9 Å². The van der Waals surface area contributed by atoms with Crippen molar-refractivity contribution in [1.82, 2.24) is 29.5 Å². The van der Waals surface area contributed by atoms with Crippen LogP contribution in [0.2, 0.25) is 0 Å². The molecule has 1 N–H and O–H groups in total.